The fraction of sp³-hybridized carbons (Fsp3) is 0.500. The van der Waals surface area contributed by atoms with Crippen LogP contribution in [0.3, 0.4) is 0 Å². The molecular weight excluding hydrogens is 560 g/mol. The summed E-state index contributed by atoms with van der Waals surface area (Å²) in [4.78, 5) is 23.6. The Balaban J connectivity index is 1.63. The number of aryl methyl sites for hydroxylation is 1. The van der Waals surface area contributed by atoms with Crippen molar-refractivity contribution in [2.75, 3.05) is 46.8 Å². The van der Waals surface area contributed by atoms with Crippen LogP contribution in [0.1, 0.15) is 69.8 Å². The molecule has 3 rings (SSSR count). The molecule has 1 heterocycles. The zero-order valence-electron chi connectivity index (χ0n) is 26.6. The Morgan fingerprint density at radius 3 is 2.25 bits per heavy atom. The standard InChI is InChI=1S/C36H48O8/c1-6-7-8-9-11-29-24-43-36(44-25-29)32-22-31(17-18-33(32)40-20-21-42-34(37)26(2)3)30-15-13-28(14-16-30)12-10-19-41-35(38)27(4)23-39-5/h13-18,22,29,36H,2,4,6-12,19-21,23-25H2,1,3,5H3. The average Bonchev–Trinajstić information content (AvgIpc) is 3.04. The summed E-state index contributed by atoms with van der Waals surface area (Å²) in [7, 11) is 1.51. The maximum Gasteiger partial charge on any atom is 0.335 e. The molecule has 8 heteroatoms. The van der Waals surface area contributed by atoms with Crippen molar-refractivity contribution in [1.82, 2.24) is 0 Å². The lowest BCUT2D eigenvalue weighted by molar-refractivity contribution is -0.206. The van der Waals surface area contributed by atoms with Crippen molar-refractivity contribution in [2.45, 2.75) is 65.1 Å². The second-order valence-electron chi connectivity index (χ2n) is 11.2. The maximum absolute atomic E-state index is 11.9. The third kappa shape index (κ3) is 11.6. The van der Waals surface area contributed by atoms with Gasteiger partial charge in [-0.1, -0.05) is 76.1 Å². The van der Waals surface area contributed by atoms with Crippen LogP contribution in [-0.4, -0.2) is 58.7 Å². The van der Waals surface area contributed by atoms with Gasteiger partial charge in [-0.2, -0.15) is 0 Å². The number of rotatable bonds is 19. The predicted molar refractivity (Wildman–Crippen MR) is 170 cm³/mol. The highest BCUT2D eigenvalue weighted by atomic mass is 16.7. The fourth-order valence-electron chi connectivity index (χ4n) is 4.84. The molecule has 1 fully saturated rings. The lowest BCUT2D eigenvalue weighted by Crippen LogP contribution is -2.27. The summed E-state index contributed by atoms with van der Waals surface area (Å²) in [6, 6.07) is 14.3. The van der Waals surface area contributed by atoms with Gasteiger partial charge in [0.2, 0.25) is 0 Å². The van der Waals surface area contributed by atoms with E-state index in [-0.39, 0.29) is 19.8 Å². The van der Waals surface area contributed by atoms with Gasteiger partial charge in [-0.3, -0.25) is 0 Å². The first-order valence-electron chi connectivity index (χ1n) is 15.6. The summed E-state index contributed by atoms with van der Waals surface area (Å²) >= 11 is 0. The van der Waals surface area contributed by atoms with E-state index in [1.165, 1.54) is 32.8 Å². The molecular formula is C36H48O8. The van der Waals surface area contributed by atoms with Gasteiger partial charge < -0.3 is 28.4 Å². The van der Waals surface area contributed by atoms with E-state index in [1.807, 2.05) is 18.2 Å². The Labute approximate surface area is 262 Å². The molecule has 0 radical (unpaired) electrons. The predicted octanol–water partition coefficient (Wildman–Crippen LogP) is 7.16. The Bertz CT molecular complexity index is 1210. The average molecular weight is 609 g/mol. The van der Waals surface area contributed by atoms with Crippen LogP contribution in [0.5, 0.6) is 5.75 Å². The smallest absolute Gasteiger partial charge is 0.335 e. The van der Waals surface area contributed by atoms with E-state index < -0.39 is 18.2 Å². The van der Waals surface area contributed by atoms with Gasteiger partial charge in [0.15, 0.2) is 6.29 Å². The van der Waals surface area contributed by atoms with Crippen molar-refractivity contribution in [3.8, 4) is 16.9 Å². The zero-order valence-corrected chi connectivity index (χ0v) is 26.6. The molecule has 1 aliphatic heterocycles. The summed E-state index contributed by atoms with van der Waals surface area (Å²) in [6.45, 7) is 13.2. The molecule has 0 bridgehead atoms. The molecule has 0 saturated carbocycles. The number of hydrogen-bond donors (Lipinski definition) is 0. The van der Waals surface area contributed by atoms with Crippen molar-refractivity contribution >= 4 is 11.9 Å². The van der Waals surface area contributed by atoms with E-state index in [4.69, 9.17) is 28.4 Å². The summed E-state index contributed by atoms with van der Waals surface area (Å²) in [5.41, 5.74) is 4.66. The van der Waals surface area contributed by atoms with Crippen LogP contribution >= 0.6 is 0 Å². The van der Waals surface area contributed by atoms with E-state index in [0.717, 1.165) is 35.1 Å². The Hall–Kier alpha value is -3.46. The van der Waals surface area contributed by atoms with Gasteiger partial charge in [-0.15, -0.1) is 0 Å². The third-order valence-corrected chi connectivity index (χ3v) is 7.36. The Kier molecular flexibility index (Phi) is 15.2. The molecule has 1 aliphatic rings. The van der Waals surface area contributed by atoms with Crippen molar-refractivity contribution in [3.05, 3.63) is 77.9 Å². The molecule has 0 atom stereocenters. The topological polar surface area (TPSA) is 89.5 Å². The lowest BCUT2D eigenvalue weighted by atomic mass is 9.99. The molecule has 0 aromatic heterocycles. The van der Waals surface area contributed by atoms with Gasteiger partial charge in [-0.05, 0) is 55.0 Å². The number of ether oxygens (including phenoxy) is 6. The highest BCUT2D eigenvalue weighted by Crippen LogP contribution is 2.36. The minimum Gasteiger partial charge on any atom is -0.490 e. The van der Waals surface area contributed by atoms with Gasteiger partial charge in [-0.25, -0.2) is 9.59 Å². The number of benzene rings is 2. The van der Waals surface area contributed by atoms with Crippen molar-refractivity contribution < 1.29 is 38.0 Å². The molecule has 0 unspecified atom stereocenters. The van der Waals surface area contributed by atoms with Crippen LogP contribution < -0.4 is 4.74 Å². The van der Waals surface area contributed by atoms with Crippen LogP contribution in [0, 0.1) is 5.92 Å². The second-order valence-corrected chi connectivity index (χ2v) is 11.2. The zero-order chi connectivity index (χ0) is 31.7. The van der Waals surface area contributed by atoms with E-state index in [0.29, 0.717) is 49.1 Å². The monoisotopic (exact) mass is 608 g/mol. The van der Waals surface area contributed by atoms with Gasteiger partial charge in [0, 0.05) is 18.6 Å². The number of hydrogen-bond acceptors (Lipinski definition) is 8. The third-order valence-electron chi connectivity index (χ3n) is 7.36. The molecule has 8 nitrogen and oxygen atoms in total. The molecule has 44 heavy (non-hydrogen) atoms. The molecule has 240 valence electrons. The van der Waals surface area contributed by atoms with E-state index in [9.17, 15) is 9.59 Å². The fourth-order valence-corrected chi connectivity index (χ4v) is 4.84. The number of esters is 2. The second kappa shape index (κ2) is 19.0. The van der Waals surface area contributed by atoms with Gasteiger partial charge >= 0.3 is 11.9 Å². The SMILES string of the molecule is C=C(C)C(=O)OCCOc1ccc(-c2ccc(CCCOC(=O)C(=C)COC)cc2)cc1C1OCC(CCCCCC)CO1. The first kappa shape index (κ1) is 35.0. The largest absolute Gasteiger partial charge is 0.490 e. The van der Waals surface area contributed by atoms with Crippen LogP contribution in [-0.2, 0) is 39.7 Å². The highest BCUT2D eigenvalue weighted by Gasteiger charge is 2.26. The van der Waals surface area contributed by atoms with E-state index in [2.05, 4.69) is 44.3 Å². The molecule has 0 N–H and O–H groups in total. The molecule has 0 spiro atoms. The van der Waals surface area contributed by atoms with Crippen LogP contribution in [0.2, 0.25) is 0 Å². The van der Waals surface area contributed by atoms with Crippen molar-refractivity contribution in [2.24, 2.45) is 5.92 Å². The number of methoxy groups -OCH3 is 1. The number of carbonyl (C=O) groups is 2. The van der Waals surface area contributed by atoms with Crippen molar-refractivity contribution in [3.63, 3.8) is 0 Å². The van der Waals surface area contributed by atoms with Gasteiger partial charge in [0.05, 0.1) is 37.6 Å². The number of carbonyl (C=O) groups excluding carboxylic acids is 2. The van der Waals surface area contributed by atoms with Gasteiger partial charge in [0.1, 0.15) is 19.0 Å². The maximum atomic E-state index is 11.9. The van der Waals surface area contributed by atoms with E-state index >= 15 is 0 Å². The molecule has 0 aliphatic carbocycles. The summed E-state index contributed by atoms with van der Waals surface area (Å²) < 4.78 is 33.8. The first-order valence-corrected chi connectivity index (χ1v) is 15.6. The lowest BCUT2D eigenvalue weighted by Gasteiger charge is -2.31. The minimum atomic E-state index is -0.545. The van der Waals surface area contributed by atoms with Crippen LogP contribution in [0.4, 0.5) is 0 Å². The normalized spacial score (nSPS) is 16.2. The van der Waals surface area contributed by atoms with Crippen molar-refractivity contribution in [1.29, 1.82) is 0 Å². The quantitative estimate of drug-likeness (QED) is 0.0943. The van der Waals surface area contributed by atoms with Gasteiger partial charge in [0.25, 0.3) is 0 Å². The first-order chi connectivity index (χ1) is 21.3. The number of unbranched alkanes of at least 4 members (excludes halogenated alkanes) is 3. The summed E-state index contributed by atoms with van der Waals surface area (Å²) in [5.74, 6) is 0.153. The van der Waals surface area contributed by atoms with E-state index in [1.54, 1.807) is 6.92 Å². The highest BCUT2D eigenvalue weighted by molar-refractivity contribution is 5.88. The van der Waals surface area contributed by atoms with Crippen LogP contribution in [0.15, 0.2) is 66.8 Å². The Morgan fingerprint density at radius 2 is 1.57 bits per heavy atom. The molecule has 2 aromatic carbocycles. The Morgan fingerprint density at radius 1 is 0.864 bits per heavy atom. The molecule has 1 saturated heterocycles. The summed E-state index contributed by atoms with van der Waals surface area (Å²) in [5, 5.41) is 0. The minimum absolute atomic E-state index is 0.113. The summed E-state index contributed by atoms with van der Waals surface area (Å²) in [6.07, 6.45) is 6.95. The molecule has 0 amide bonds. The van der Waals surface area contributed by atoms with Crippen LogP contribution in [0.25, 0.3) is 11.1 Å². The molecule has 2 aromatic rings.